The number of ether oxygens (including phenoxy) is 1. The second-order valence-corrected chi connectivity index (χ2v) is 9.03. The molecule has 34 heavy (non-hydrogen) atoms. The summed E-state index contributed by atoms with van der Waals surface area (Å²) in [5.74, 6) is -1.33. The molecular formula is C24H21N3O5S2. The predicted octanol–water partition coefficient (Wildman–Crippen LogP) is 5.36. The minimum atomic E-state index is -0.542. The molecule has 10 heteroatoms. The Morgan fingerprint density at radius 2 is 1.79 bits per heavy atom. The molecule has 0 aliphatic rings. The summed E-state index contributed by atoms with van der Waals surface area (Å²) < 4.78 is 10.7. The summed E-state index contributed by atoms with van der Waals surface area (Å²) in [7, 11) is 0. The number of anilines is 2. The molecule has 0 atom stereocenters. The standard InChI is InChI=1S/C24H21N3O5S2/c1-3-31-23(30)20-14(2)19(21(29)25-15-9-5-4-6-10-15)22(34-20)27-18(28)13-33-24-26-16-11-7-8-12-17(16)32-24/h4-12H,3,13H2,1-2H3,(H,25,29)(H,27,28). The van der Waals surface area contributed by atoms with E-state index in [4.69, 9.17) is 9.15 Å². The van der Waals surface area contributed by atoms with Gasteiger partial charge in [-0.3, -0.25) is 9.59 Å². The second-order valence-electron chi connectivity index (χ2n) is 7.09. The maximum absolute atomic E-state index is 13.1. The lowest BCUT2D eigenvalue weighted by atomic mass is 10.1. The zero-order valence-electron chi connectivity index (χ0n) is 18.4. The molecule has 2 N–H and O–H groups in total. The maximum Gasteiger partial charge on any atom is 0.348 e. The smallest absolute Gasteiger partial charge is 0.348 e. The maximum atomic E-state index is 13.1. The number of esters is 1. The van der Waals surface area contributed by atoms with Gasteiger partial charge in [-0.2, -0.15) is 0 Å². The number of hydrogen-bond acceptors (Lipinski definition) is 8. The molecule has 4 aromatic rings. The summed E-state index contributed by atoms with van der Waals surface area (Å²) in [5, 5.41) is 6.21. The normalized spacial score (nSPS) is 10.8. The van der Waals surface area contributed by atoms with Gasteiger partial charge in [-0.25, -0.2) is 9.78 Å². The average Bonchev–Trinajstić information content (AvgIpc) is 3.39. The third kappa shape index (κ3) is 5.29. The summed E-state index contributed by atoms with van der Waals surface area (Å²) in [4.78, 5) is 42.8. The molecule has 2 amide bonds. The van der Waals surface area contributed by atoms with E-state index in [0.29, 0.717) is 27.6 Å². The molecule has 174 valence electrons. The van der Waals surface area contributed by atoms with Gasteiger partial charge < -0.3 is 19.8 Å². The molecule has 4 rings (SSSR count). The third-order valence-corrected chi connectivity index (χ3v) is 6.74. The second kappa shape index (κ2) is 10.5. The van der Waals surface area contributed by atoms with E-state index in [1.807, 2.05) is 24.3 Å². The highest BCUT2D eigenvalue weighted by Gasteiger charge is 2.26. The molecule has 0 unspecified atom stereocenters. The minimum Gasteiger partial charge on any atom is -0.462 e. The number of aromatic nitrogens is 1. The lowest BCUT2D eigenvalue weighted by Gasteiger charge is -2.08. The zero-order chi connectivity index (χ0) is 24.1. The Morgan fingerprint density at radius 3 is 2.53 bits per heavy atom. The van der Waals surface area contributed by atoms with Gasteiger partial charge >= 0.3 is 5.97 Å². The van der Waals surface area contributed by atoms with Crippen LogP contribution in [0.25, 0.3) is 11.1 Å². The van der Waals surface area contributed by atoms with Crippen LogP contribution in [-0.4, -0.2) is 35.1 Å². The minimum absolute atomic E-state index is 0.0122. The lowest BCUT2D eigenvalue weighted by molar-refractivity contribution is -0.113. The Kier molecular flexibility index (Phi) is 7.29. The molecular weight excluding hydrogens is 474 g/mol. The fourth-order valence-electron chi connectivity index (χ4n) is 3.18. The van der Waals surface area contributed by atoms with Crippen molar-refractivity contribution in [1.29, 1.82) is 0 Å². The number of oxazole rings is 1. The van der Waals surface area contributed by atoms with E-state index in [0.717, 1.165) is 23.1 Å². The van der Waals surface area contributed by atoms with Crippen molar-refractivity contribution in [2.75, 3.05) is 23.0 Å². The van der Waals surface area contributed by atoms with Crippen molar-refractivity contribution in [3.05, 3.63) is 70.6 Å². The predicted molar refractivity (Wildman–Crippen MR) is 133 cm³/mol. The number of benzene rings is 2. The number of fused-ring (bicyclic) bond motifs is 1. The average molecular weight is 496 g/mol. The van der Waals surface area contributed by atoms with Crippen molar-refractivity contribution in [1.82, 2.24) is 4.98 Å². The van der Waals surface area contributed by atoms with Gasteiger partial charge in [0.15, 0.2) is 5.58 Å². The van der Waals surface area contributed by atoms with Crippen LogP contribution in [-0.2, 0) is 9.53 Å². The van der Waals surface area contributed by atoms with Crippen LogP contribution in [0.4, 0.5) is 10.7 Å². The van der Waals surface area contributed by atoms with Gasteiger partial charge in [-0.15, -0.1) is 11.3 Å². The molecule has 8 nitrogen and oxygen atoms in total. The van der Waals surface area contributed by atoms with Gasteiger partial charge in [-0.05, 0) is 43.7 Å². The SMILES string of the molecule is CCOC(=O)c1sc(NC(=O)CSc2nc3ccccc3o2)c(C(=O)Nc2ccccc2)c1C. The van der Waals surface area contributed by atoms with Gasteiger partial charge in [0.1, 0.15) is 15.4 Å². The first-order valence-electron chi connectivity index (χ1n) is 10.4. The van der Waals surface area contributed by atoms with Crippen LogP contribution in [0.2, 0.25) is 0 Å². The number of rotatable bonds is 8. The molecule has 0 fully saturated rings. The number of thioether (sulfide) groups is 1. The Bertz CT molecular complexity index is 1310. The van der Waals surface area contributed by atoms with Crippen molar-refractivity contribution in [3.8, 4) is 0 Å². The van der Waals surface area contributed by atoms with Gasteiger partial charge in [0.25, 0.3) is 11.1 Å². The van der Waals surface area contributed by atoms with E-state index >= 15 is 0 Å². The highest BCUT2D eigenvalue weighted by Crippen LogP contribution is 2.34. The van der Waals surface area contributed by atoms with E-state index in [9.17, 15) is 14.4 Å². The highest BCUT2D eigenvalue weighted by molar-refractivity contribution is 7.99. The van der Waals surface area contributed by atoms with Crippen molar-refractivity contribution in [2.24, 2.45) is 0 Å². The van der Waals surface area contributed by atoms with Crippen molar-refractivity contribution in [2.45, 2.75) is 19.1 Å². The number of hydrogen-bond donors (Lipinski definition) is 2. The number of para-hydroxylation sites is 3. The summed E-state index contributed by atoms with van der Waals surface area (Å²) in [5.41, 5.74) is 2.60. The molecule has 0 saturated heterocycles. The van der Waals surface area contributed by atoms with E-state index in [1.165, 1.54) is 0 Å². The Morgan fingerprint density at radius 1 is 1.06 bits per heavy atom. The van der Waals surface area contributed by atoms with Crippen molar-refractivity contribution in [3.63, 3.8) is 0 Å². The number of nitrogens with one attached hydrogen (secondary N) is 2. The lowest BCUT2D eigenvalue weighted by Crippen LogP contribution is -2.18. The molecule has 0 radical (unpaired) electrons. The number of carbonyl (C=O) groups is 3. The largest absolute Gasteiger partial charge is 0.462 e. The monoisotopic (exact) mass is 495 g/mol. The van der Waals surface area contributed by atoms with Crippen LogP contribution in [0.15, 0.2) is 64.2 Å². The molecule has 0 aliphatic carbocycles. The van der Waals surface area contributed by atoms with E-state index < -0.39 is 11.9 Å². The molecule has 0 aliphatic heterocycles. The topological polar surface area (TPSA) is 111 Å². The molecule has 2 aromatic heterocycles. The van der Waals surface area contributed by atoms with Crippen LogP contribution in [0.5, 0.6) is 0 Å². The van der Waals surface area contributed by atoms with Crippen molar-refractivity contribution < 1.29 is 23.5 Å². The number of nitrogens with zero attached hydrogens (tertiary/aromatic N) is 1. The van der Waals surface area contributed by atoms with E-state index in [-0.39, 0.29) is 33.7 Å². The molecule has 2 heterocycles. The van der Waals surface area contributed by atoms with Crippen LogP contribution < -0.4 is 10.6 Å². The number of amides is 2. The molecule has 0 saturated carbocycles. The molecule has 2 aromatic carbocycles. The first kappa shape index (κ1) is 23.5. The Hall–Kier alpha value is -3.63. The van der Waals surface area contributed by atoms with Crippen LogP contribution >= 0.6 is 23.1 Å². The first-order chi connectivity index (χ1) is 16.5. The van der Waals surface area contributed by atoms with Crippen LogP contribution in [0.3, 0.4) is 0 Å². The number of carbonyl (C=O) groups excluding carboxylic acids is 3. The van der Waals surface area contributed by atoms with E-state index in [2.05, 4.69) is 15.6 Å². The van der Waals surface area contributed by atoms with Gasteiger partial charge in [0.05, 0.1) is 17.9 Å². The highest BCUT2D eigenvalue weighted by atomic mass is 32.2. The fraction of sp³-hybridized carbons (Fsp3) is 0.167. The van der Waals surface area contributed by atoms with Crippen LogP contribution in [0.1, 0.15) is 32.5 Å². The Labute approximate surface area is 203 Å². The van der Waals surface area contributed by atoms with Crippen molar-refractivity contribution >= 4 is 62.7 Å². The first-order valence-corrected chi connectivity index (χ1v) is 12.2. The third-order valence-electron chi connectivity index (χ3n) is 4.72. The van der Waals surface area contributed by atoms with Gasteiger partial charge in [-0.1, -0.05) is 42.1 Å². The van der Waals surface area contributed by atoms with Crippen LogP contribution in [0, 0.1) is 6.92 Å². The number of thiophene rings is 1. The zero-order valence-corrected chi connectivity index (χ0v) is 20.0. The van der Waals surface area contributed by atoms with Gasteiger partial charge in [0, 0.05) is 5.69 Å². The quantitative estimate of drug-likeness (QED) is 0.250. The molecule has 0 bridgehead atoms. The molecule has 0 spiro atoms. The fourth-order valence-corrected chi connectivity index (χ4v) is 4.94. The summed E-state index contributed by atoms with van der Waals surface area (Å²) >= 11 is 2.15. The summed E-state index contributed by atoms with van der Waals surface area (Å²) in [6.45, 7) is 3.56. The summed E-state index contributed by atoms with van der Waals surface area (Å²) in [6, 6.07) is 16.3. The van der Waals surface area contributed by atoms with E-state index in [1.54, 1.807) is 44.2 Å². The van der Waals surface area contributed by atoms with Gasteiger partial charge in [0.2, 0.25) is 5.91 Å². The Balaban J connectivity index is 1.53. The summed E-state index contributed by atoms with van der Waals surface area (Å²) in [6.07, 6.45) is 0.